The molecule has 4 rings (SSSR count). The normalized spacial score (nSPS) is 11.6. The summed E-state index contributed by atoms with van der Waals surface area (Å²) in [7, 11) is 1.76. The Morgan fingerprint density at radius 3 is 2.52 bits per heavy atom. The molecule has 0 saturated heterocycles. The quantitative estimate of drug-likeness (QED) is 0.336. The minimum atomic E-state index is -0.258. The molecule has 0 aliphatic carbocycles. The molecule has 0 radical (unpaired) electrons. The van der Waals surface area contributed by atoms with Gasteiger partial charge in [0.15, 0.2) is 5.96 Å². The van der Waals surface area contributed by atoms with Gasteiger partial charge in [0.25, 0.3) is 0 Å². The van der Waals surface area contributed by atoms with Crippen molar-refractivity contribution in [1.82, 2.24) is 30.2 Å². The number of benzene rings is 2. The monoisotopic (exact) mass is 445 g/mol. The molecular formula is C25H28FN7. The Kier molecular flexibility index (Phi) is 6.83. The summed E-state index contributed by atoms with van der Waals surface area (Å²) in [6, 6.07) is 18.5. The van der Waals surface area contributed by atoms with Crippen LogP contribution in [0.25, 0.3) is 11.4 Å². The van der Waals surface area contributed by atoms with Crippen LogP contribution < -0.4 is 10.6 Å². The lowest BCUT2D eigenvalue weighted by atomic mass is 10.1. The predicted octanol–water partition coefficient (Wildman–Crippen LogP) is 3.72. The predicted molar refractivity (Wildman–Crippen MR) is 128 cm³/mol. The van der Waals surface area contributed by atoms with E-state index < -0.39 is 0 Å². The second kappa shape index (κ2) is 10.1. The van der Waals surface area contributed by atoms with Gasteiger partial charge >= 0.3 is 0 Å². The van der Waals surface area contributed by atoms with Crippen LogP contribution in [0.1, 0.15) is 22.6 Å². The summed E-state index contributed by atoms with van der Waals surface area (Å²) >= 11 is 0. The zero-order chi connectivity index (χ0) is 23.2. The third-order valence-electron chi connectivity index (χ3n) is 5.31. The van der Waals surface area contributed by atoms with Gasteiger partial charge in [-0.25, -0.2) is 13.8 Å². The van der Waals surface area contributed by atoms with E-state index in [0.717, 1.165) is 46.4 Å². The molecule has 2 aromatic carbocycles. The minimum absolute atomic E-state index is 0.258. The zero-order valence-corrected chi connectivity index (χ0v) is 19.1. The van der Waals surface area contributed by atoms with Crippen LogP contribution in [0.5, 0.6) is 0 Å². The van der Waals surface area contributed by atoms with Crippen molar-refractivity contribution in [3.05, 3.63) is 95.3 Å². The first-order chi connectivity index (χ1) is 16.0. The summed E-state index contributed by atoms with van der Waals surface area (Å²) in [6.45, 7) is 5.35. The molecule has 33 heavy (non-hydrogen) atoms. The Morgan fingerprint density at radius 1 is 1.00 bits per heavy atom. The van der Waals surface area contributed by atoms with Crippen molar-refractivity contribution in [2.24, 2.45) is 4.99 Å². The summed E-state index contributed by atoms with van der Waals surface area (Å²) in [5.41, 5.74) is 6.05. The largest absolute Gasteiger partial charge is 0.356 e. The molecule has 2 heterocycles. The number of aliphatic imine (C=N–C) groups is 1. The lowest BCUT2D eigenvalue weighted by molar-refractivity contribution is 0.627. The van der Waals surface area contributed by atoms with E-state index in [0.29, 0.717) is 13.1 Å². The van der Waals surface area contributed by atoms with Gasteiger partial charge in [-0.3, -0.25) is 4.99 Å². The van der Waals surface area contributed by atoms with E-state index in [1.54, 1.807) is 23.9 Å². The SMILES string of the molecule is CN=C(NCCc1ccn(-c2ccc(F)cc2)n1)NCc1ccccc1-n1nc(C)cc1C. The number of para-hydroxylation sites is 1. The van der Waals surface area contributed by atoms with Gasteiger partial charge < -0.3 is 10.6 Å². The van der Waals surface area contributed by atoms with Gasteiger partial charge in [0.1, 0.15) is 5.82 Å². The molecule has 0 fully saturated rings. The molecule has 0 bridgehead atoms. The van der Waals surface area contributed by atoms with Gasteiger partial charge in [-0.05, 0) is 61.9 Å². The summed E-state index contributed by atoms with van der Waals surface area (Å²) in [5, 5.41) is 15.9. The summed E-state index contributed by atoms with van der Waals surface area (Å²) in [5.74, 6) is 0.461. The van der Waals surface area contributed by atoms with Crippen LogP contribution in [0, 0.1) is 19.7 Å². The molecule has 7 nitrogen and oxygen atoms in total. The van der Waals surface area contributed by atoms with Gasteiger partial charge in [-0.2, -0.15) is 10.2 Å². The maximum atomic E-state index is 13.1. The van der Waals surface area contributed by atoms with Crippen LogP contribution in [0.3, 0.4) is 0 Å². The number of nitrogens with one attached hydrogen (secondary N) is 2. The van der Waals surface area contributed by atoms with E-state index in [-0.39, 0.29) is 5.82 Å². The summed E-state index contributed by atoms with van der Waals surface area (Å²) in [6.07, 6.45) is 2.61. The first kappa shape index (κ1) is 22.3. The summed E-state index contributed by atoms with van der Waals surface area (Å²) < 4.78 is 16.8. The Morgan fingerprint density at radius 2 is 1.79 bits per heavy atom. The van der Waals surface area contributed by atoms with E-state index in [1.165, 1.54) is 12.1 Å². The highest BCUT2D eigenvalue weighted by atomic mass is 19.1. The number of halogens is 1. The number of rotatable bonds is 7. The molecule has 0 aliphatic rings. The fourth-order valence-corrected chi connectivity index (χ4v) is 3.68. The Labute approximate surface area is 193 Å². The van der Waals surface area contributed by atoms with Crippen molar-refractivity contribution in [2.75, 3.05) is 13.6 Å². The third-order valence-corrected chi connectivity index (χ3v) is 5.31. The maximum Gasteiger partial charge on any atom is 0.191 e. The average Bonchev–Trinajstić information content (AvgIpc) is 3.42. The topological polar surface area (TPSA) is 72.1 Å². The Hall–Kier alpha value is -3.94. The van der Waals surface area contributed by atoms with Crippen molar-refractivity contribution >= 4 is 5.96 Å². The fraction of sp³-hybridized carbons (Fsp3) is 0.240. The molecule has 170 valence electrons. The van der Waals surface area contributed by atoms with E-state index >= 15 is 0 Å². The molecule has 8 heteroatoms. The van der Waals surface area contributed by atoms with Crippen LogP contribution in [-0.2, 0) is 13.0 Å². The smallest absolute Gasteiger partial charge is 0.191 e. The number of hydrogen-bond donors (Lipinski definition) is 2. The van der Waals surface area contributed by atoms with Crippen molar-refractivity contribution in [3.8, 4) is 11.4 Å². The first-order valence-electron chi connectivity index (χ1n) is 10.9. The molecule has 0 spiro atoms. The zero-order valence-electron chi connectivity index (χ0n) is 19.1. The number of aromatic nitrogens is 4. The van der Waals surface area contributed by atoms with Crippen LogP contribution in [0.15, 0.2) is 71.9 Å². The highest BCUT2D eigenvalue weighted by Gasteiger charge is 2.09. The molecule has 0 atom stereocenters. The standard InChI is InChI=1S/C25H28FN7/c1-18-16-19(2)33(30-18)24-7-5-4-6-20(24)17-29-25(27-3)28-14-12-22-13-15-32(31-22)23-10-8-21(26)9-11-23/h4-11,13,15-16H,12,14,17H2,1-3H3,(H2,27,28,29). The van der Waals surface area contributed by atoms with Crippen LogP contribution >= 0.6 is 0 Å². The molecule has 0 unspecified atom stereocenters. The van der Waals surface area contributed by atoms with Gasteiger partial charge in [0.05, 0.1) is 22.8 Å². The molecule has 2 aromatic heterocycles. The van der Waals surface area contributed by atoms with Crippen molar-refractivity contribution < 1.29 is 4.39 Å². The Balaban J connectivity index is 1.32. The van der Waals surface area contributed by atoms with Crippen molar-refractivity contribution in [1.29, 1.82) is 0 Å². The van der Waals surface area contributed by atoms with Crippen molar-refractivity contribution in [3.63, 3.8) is 0 Å². The second-order valence-corrected chi connectivity index (χ2v) is 7.80. The number of hydrogen-bond acceptors (Lipinski definition) is 3. The van der Waals surface area contributed by atoms with E-state index in [1.807, 2.05) is 36.0 Å². The molecule has 4 aromatic rings. The van der Waals surface area contributed by atoms with Gasteiger partial charge in [-0.15, -0.1) is 0 Å². The number of nitrogens with zero attached hydrogens (tertiary/aromatic N) is 5. The van der Waals surface area contributed by atoms with E-state index in [9.17, 15) is 4.39 Å². The minimum Gasteiger partial charge on any atom is -0.356 e. The molecule has 0 aliphatic heterocycles. The van der Waals surface area contributed by atoms with Crippen LogP contribution in [0.2, 0.25) is 0 Å². The van der Waals surface area contributed by atoms with Gasteiger partial charge in [-0.1, -0.05) is 18.2 Å². The molecular weight excluding hydrogens is 417 g/mol. The van der Waals surface area contributed by atoms with Gasteiger partial charge in [0.2, 0.25) is 0 Å². The lowest BCUT2D eigenvalue weighted by Crippen LogP contribution is -2.38. The molecule has 2 N–H and O–H groups in total. The second-order valence-electron chi connectivity index (χ2n) is 7.80. The van der Waals surface area contributed by atoms with Gasteiger partial charge in [0, 0.05) is 38.4 Å². The highest BCUT2D eigenvalue weighted by molar-refractivity contribution is 5.79. The third kappa shape index (κ3) is 5.46. The summed E-state index contributed by atoms with van der Waals surface area (Å²) in [4.78, 5) is 4.33. The van der Waals surface area contributed by atoms with E-state index in [2.05, 4.69) is 50.9 Å². The van der Waals surface area contributed by atoms with Crippen LogP contribution in [0.4, 0.5) is 4.39 Å². The molecule has 0 saturated carbocycles. The average molecular weight is 446 g/mol. The van der Waals surface area contributed by atoms with Crippen molar-refractivity contribution in [2.45, 2.75) is 26.8 Å². The molecule has 0 amide bonds. The number of guanidine groups is 1. The highest BCUT2D eigenvalue weighted by Crippen LogP contribution is 2.17. The van der Waals surface area contributed by atoms with Crippen LogP contribution in [-0.4, -0.2) is 39.1 Å². The Bertz CT molecular complexity index is 1240. The fourth-order valence-electron chi connectivity index (χ4n) is 3.68. The lowest BCUT2D eigenvalue weighted by Gasteiger charge is -2.15. The van der Waals surface area contributed by atoms with E-state index in [4.69, 9.17) is 0 Å². The maximum absolute atomic E-state index is 13.1. The number of aryl methyl sites for hydroxylation is 2. The first-order valence-corrected chi connectivity index (χ1v) is 10.9.